The summed E-state index contributed by atoms with van der Waals surface area (Å²) >= 11 is 0. The van der Waals surface area contributed by atoms with Crippen LogP contribution in [0.3, 0.4) is 0 Å². The zero-order chi connectivity index (χ0) is 22.1. The topological polar surface area (TPSA) is 74.3 Å². The number of anilines is 2. The molecule has 3 heterocycles. The van der Waals surface area contributed by atoms with Crippen LogP contribution in [-0.4, -0.2) is 68.5 Å². The van der Waals surface area contributed by atoms with Gasteiger partial charge in [-0.25, -0.2) is 4.79 Å². The van der Waals surface area contributed by atoms with Crippen molar-refractivity contribution in [2.45, 2.75) is 24.5 Å². The molecule has 1 unspecified atom stereocenters. The SMILES string of the molecule is COc1cccc(N2CC(CN3CCC4(CC3)C(=O)NCN4c3ccccc3)OC2=O)c1. The number of hydrogen-bond acceptors (Lipinski definition) is 6. The van der Waals surface area contributed by atoms with Gasteiger partial charge in [-0.15, -0.1) is 0 Å². The summed E-state index contributed by atoms with van der Waals surface area (Å²) in [6, 6.07) is 17.5. The average Bonchev–Trinajstić information content (AvgIpc) is 3.35. The van der Waals surface area contributed by atoms with Crippen molar-refractivity contribution < 1.29 is 19.1 Å². The first kappa shape index (κ1) is 20.6. The van der Waals surface area contributed by atoms with Gasteiger partial charge in [0.05, 0.1) is 26.0 Å². The van der Waals surface area contributed by atoms with E-state index in [9.17, 15) is 9.59 Å². The molecule has 8 heteroatoms. The van der Waals surface area contributed by atoms with Gasteiger partial charge in [0.15, 0.2) is 0 Å². The third-order valence-electron chi connectivity index (χ3n) is 6.79. The number of rotatable bonds is 5. The third kappa shape index (κ3) is 3.64. The van der Waals surface area contributed by atoms with Crippen LogP contribution in [0.25, 0.3) is 0 Å². The van der Waals surface area contributed by atoms with Crippen LogP contribution >= 0.6 is 0 Å². The Morgan fingerprint density at radius 1 is 1.06 bits per heavy atom. The number of carbonyl (C=O) groups is 2. The minimum Gasteiger partial charge on any atom is -0.497 e. The molecule has 3 aliphatic heterocycles. The summed E-state index contributed by atoms with van der Waals surface area (Å²) in [6.45, 7) is 3.27. The number of likely N-dealkylation sites (tertiary alicyclic amines) is 1. The van der Waals surface area contributed by atoms with Gasteiger partial charge in [0.25, 0.3) is 0 Å². The van der Waals surface area contributed by atoms with Crippen molar-refractivity contribution in [3.8, 4) is 5.75 Å². The molecule has 3 fully saturated rings. The molecule has 0 saturated carbocycles. The number of ether oxygens (including phenoxy) is 2. The van der Waals surface area contributed by atoms with E-state index in [4.69, 9.17) is 9.47 Å². The van der Waals surface area contributed by atoms with Gasteiger partial charge in [-0.2, -0.15) is 0 Å². The lowest BCUT2D eigenvalue weighted by molar-refractivity contribution is -0.125. The predicted octanol–water partition coefficient (Wildman–Crippen LogP) is 2.45. The Bertz CT molecular complexity index is 991. The van der Waals surface area contributed by atoms with Crippen LogP contribution in [0.4, 0.5) is 16.2 Å². The third-order valence-corrected chi connectivity index (χ3v) is 6.79. The summed E-state index contributed by atoms with van der Waals surface area (Å²) in [5.41, 5.74) is 1.34. The lowest BCUT2D eigenvalue weighted by atomic mass is 9.85. The van der Waals surface area contributed by atoms with Crippen LogP contribution in [0, 0.1) is 0 Å². The highest BCUT2D eigenvalue weighted by Crippen LogP contribution is 2.36. The van der Waals surface area contributed by atoms with Crippen molar-refractivity contribution in [3.05, 3.63) is 54.6 Å². The van der Waals surface area contributed by atoms with Crippen LogP contribution in [0.1, 0.15) is 12.8 Å². The molecule has 2 amide bonds. The van der Waals surface area contributed by atoms with Gasteiger partial charge in [0.2, 0.25) is 5.91 Å². The van der Waals surface area contributed by atoms with Crippen molar-refractivity contribution in [3.63, 3.8) is 0 Å². The average molecular weight is 437 g/mol. The van der Waals surface area contributed by atoms with Crippen molar-refractivity contribution in [1.82, 2.24) is 10.2 Å². The first-order chi connectivity index (χ1) is 15.6. The van der Waals surface area contributed by atoms with Gasteiger partial charge in [0.1, 0.15) is 17.4 Å². The Morgan fingerprint density at radius 3 is 2.56 bits per heavy atom. The van der Waals surface area contributed by atoms with Crippen LogP contribution in [0.15, 0.2) is 54.6 Å². The summed E-state index contributed by atoms with van der Waals surface area (Å²) in [7, 11) is 1.61. The number of hydrogen-bond donors (Lipinski definition) is 1. The largest absolute Gasteiger partial charge is 0.497 e. The minimum atomic E-state index is -0.503. The normalized spacial score (nSPS) is 22.8. The molecule has 3 saturated heterocycles. The fourth-order valence-electron chi connectivity index (χ4n) is 5.03. The molecule has 2 aromatic rings. The molecular formula is C24H28N4O4. The van der Waals surface area contributed by atoms with Crippen LogP contribution < -0.4 is 19.9 Å². The highest BCUT2D eigenvalue weighted by molar-refractivity contribution is 5.93. The Hall–Kier alpha value is -3.26. The van der Waals surface area contributed by atoms with Gasteiger partial charge in [-0.05, 0) is 37.1 Å². The molecule has 1 spiro atoms. The zero-order valence-corrected chi connectivity index (χ0v) is 18.2. The highest BCUT2D eigenvalue weighted by Gasteiger charge is 2.50. The molecule has 168 valence electrons. The second-order valence-corrected chi connectivity index (χ2v) is 8.58. The molecule has 3 aliphatic rings. The van der Waals surface area contributed by atoms with Gasteiger partial charge >= 0.3 is 6.09 Å². The molecule has 1 atom stereocenters. The van der Waals surface area contributed by atoms with Gasteiger partial charge in [-0.1, -0.05) is 24.3 Å². The first-order valence-corrected chi connectivity index (χ1v) is 11.0. The van der Waals surface area contributed by atoms with Gasteiger partial charge in [0, 0.05) is 31.4 Å². The van der Waals surface area contributed by atoms with E-state index in [1.807, 2.05) is 42.5 Å². The molecule has 0 aliphatic carbocycles. The van der Waals surface area contributed by atoms with E-state index in [0.717, 1.165) is 37.3 Å². The Kier molecular flexibility index (Phi) is 5.38. The smallest absolute Gasteiger partial charge is 0.414 e. The van der Waals surface area contributed by atoms with Gasteiger partial charge < -0.3 is 19.7 Å². The summed E-state index contributed by atoms with van der Waals surface area (Å²) in [6.07, 6.45) is 0.953. The lowest BCUT2D eigenvalue weighted by Crippen LogP contribution is -2.57. The summed E-state index contributed by atoms with van der Waals surface area (Å²) in [4.78, 5) is 31.4. The van der Waals surface area contributed by atoms with E-state index in [1.54, 1.807) is 12.0 Å². The van der Waals surface area contributed by atoms with Crippen LogP contribution in [0.2, 0.25) is 0 Å². The van der Waals surface area contributed by atoms with Crippen molar-refractivity contribution in [2.24, 2.45) is 0 Å². The quantitative estimate of drug-likeness (QED) is 0.776. The second-order valence-electron chi connectivity index (χ2n) is 8.58. The fourth-order valence-corrected chi connectivity index (χ4v) is 5.03. The monoisotopic (exact) mass is 436 g/mol. The molecule has 5 rings (SSSR count). The van der Waals surface area contributed by atoms with E-state index in [-0.39, 0.29) is 18.1 Å². The minimum absolute atomic E-state index is 0.109. The maximum absolute atomic E-state index is 12.8. The zero-order valence-electron chi connectivity index (χ0n) is 18.2. The second kappa shape index (κ2) is 8.35. The van der Waals surface area contributed by atoms with Crippen LogP contribution in [-0.2, 0) is 9.53 Å². The molecule has 32 heavy (non-hydrogen) atoms. The number of benzene rings is 2. The lowest BCUT2D eigenvalue weighted by Gasteiger charge is -2.43. The molecule has 0 bridgehead atoms. The maximum atomic E-state index is 12.8. The van der Waals surface area contributed by atoms with Crippen LogP contribution in [0.5, 0.6) is 5.75 Å². The first-order valence-electron chi connectivity index (χ1n) is 11.0. The Morgan fingerprint density at radius 2 is 1.81 bits per heavy atom. The Balaban J connectivity index is 1.22. The molecule has 2 aromatic carbocycles. The number of methoxy groups -OCH3 is 1. The van der Waals surface area contributed by atoms with Gasteiger partial charge in [-0.3, -0.25) is 14.6 Å². The number of nitrogens with one attached hydrogen (secondary N) is 1. The predicted molar refractivity (Wildman–Crippen MR) is 121 cm³/mol. The maximum Gasteiger partial charge on any atom is 0.414 e. The fraction of sp³-hybridized carbons (Fsp3) is 0.417. The number of piperidine rings is 1. The molecule has 1 N–H and O–H groups in total. The molecule has 0 aromatic heterocycles. The van der Waals surface area contributed by atoms with E-state index >= 15 is 0 Å². The van der Waals surface area contributed by atoms with Crippen molar-refractivity contribution >= 4 is 23.4 Å². The Labute approximate surface area is 187 Å². The standard InChI is InChI=1S/C24H28N4O4/c1-31-20-9-5-8-19(14-20)27-16-21(32-23(27)30)15-26-12-10-24(11-13-26)22(29)25-17-28(24)18-6-3-2-4-7-18/h2-9,14,21H,10-13,15-17H2,1H3,(H,25,29). The van der Waals surface area contributed by atoms with Crippen molar-refractivity contribution in [1.29, 1.82) is 0 Å². The number of amides is 2. The summed E-state index contributed by atoms with van der Waals surface area (Å²) < 4.78 is 10.9. The summed E-state index contributed by atoms with van der Waals surface area (Å²) in [5.74, 6) is 0.815. The van der Waals surface area contributed by atoms with Crippen molar-refractivity contribution in [2.75, 3.05) is 49.8 Å². The number of para-hydroxylation sites is 1. The molecule has 8 nitrogen and oxygen atoms in total. The van der Waals surface area contributed by atoms with E-state index < -0.39 is 5.54 Å². The summed E-state index contributed by atoms with van der Waals surface area (Å²) in [5, 5.41) is 3.04. The van der Waals surface area contributed by atoms with E-state index in [2.05, 4.69) is 27.2 Å². The van der Waals surface area contributed by atoms with E-state index in [0.29, 0.717) is 25.5 Å². The number of nitrogens with zero attached hydrogens (tertiary/aromatic N) is 3. The number of cyclic esters (lactones) is 1. The number of carbonyl (C=O) groups excluding carboxylic acids is 2. The van der Waals surface area contributed by atoms with E-state index in [1.165, 1.54) is 0 Å². The highest BCUT2D eigenvalue weighted by atomic mass is 16.6. The molecular weight excluding hydrogens is 408 g/mol. The molecule has 0 radical (unpaired) electrons.